The van der Waals surface area contributed by atoms with E-state index in [1.54, 1.807) is 6.07 Å². The van der Waals surface area contributed by atoms with Crippen LogP contribution in [-0.4, -0.2) is 12.6 Å². The van der Waals surface area contributed by atoms with Crippen LogP contribution in [0.2, 0.25) is 0 Å². The van der Waals surface area contributed by atoms with Crippen molar-refractivity contribution in [1.29, 1.82) is 0 Å². The van der Waals surface area contributed by atoms with Gasteiger partial charge in [-0.15, -0.1) is 0 Å². The quantitative estimate of drug-likeness (QED) is 0.821. The molecule has 0 radical (unpaired) electrons. The first-order chi connectivity index (χ1) is 10.2. The smallest absolute Gasteiger partial charge is 0.338 e. The van der Waals surface area contributed by atoms with Crippen LogP contribution in [0.15, 0.2) is 54.6 Å². The van der Waals surface area contributed by atoms with E-state index in [1.807, 2.05) is 43.3 Å². The third-order valence-electron chi connectivity index (χ3n) is 3.35. The van der Waals surface area contributed by atoms with Gasteiger partial charge in [-0.3, -0.25) is 0 Å². The summed E-state index contributed by atoms with van der Waals surface area (Å²) in [6, 6.07) is 18.1. The van der Waals surface area contributed by atoms with Crippen LogP contribution in [0.25, 0.3) is 0 Å². The normalized spacial score (nSPS) is 11.9. The van der Waals surface area contributed by atoms with E-state index in [-0.39, 0.29) is 12.0 Å². The summed E-state index contributed by atoms with van der Waals surface area (Å²) in [5.74, 6) is -0.268. The number of hydrogen-bond donors (Lipinski definition) is 1. The minimum Gasteiger partial charge on any atom is -0.462 e. The van der Waals surface area contributed by atoms with E-state index >= 15 is 0 Å². The van der Waals surface area contributed by atoms with Gasteiger partial charge in [0, 0.05) is 12.6 Å². The Kier molecular flexibility index (Phi) is 5.52. The Hall–Kier alpha value is -2.13. The lowest BCUT2D eigenvalue weighted by atomic mass is 10.1. The Bertz CT molecular complexity index is 581. The highest BCUT2D eigenvalue weighted by Gasteiger charge is 2.08. The Labute approximate surface area is 126 Å². The van der Waals surface area contributed by atoms with Gasteiger partial charge in [-0.2, -0.15) is 0 Å². The molecule has 0 heterocycles. The number of carbonyl (C=O) groups is 1. The number of hydrogen-bond acceptors (Lipinski definition) is 3. The summed E-state index contributed by atoms with van der Waals surface area (Å²) in [6.45, 7) is 5.05. The average molecular weight is 283 g/mol. The third-order valence-corrected chi connectivity index (χ3v) is 3.35. The van der Waals surface area contributed by atoms with E-state index < -0.39 is 0 Å². The second kappa shape index (κ2) is 7.60. The lowest BCUT2D eigenvalue weighted by molar-refractivity contribution is 0.0526. The minimum absolute atomic E-state index is 0.262. The molecule has 110 valence electrons. The summed E-state index contributed by atoms with van der Waals surface area (Å²) in [7, 11) is 0. The molecule has 2 aromatic rings. The molecule has 0 spiro atoms. The van der Waals surface area contributed by atoms with E-state index in [0.717, 1.165) is 5.56 Å². The SMILES string of the molecule is CCOC(=O)c1cccc(CNC(C)c2ccccc2)c1. The zero-order chi connectivity index (χ0) is 15.1. The maximum atomic E-state index is 11.7. The molecule has 0 aliphatic carbocycles. The molecule has 0 fully saturated rings. The molecule has 0 bridgehead atoms. The van der Waals surface area contributed by atoms with E-state index in [9.17, 15) is 4.79 Å². The van der Waals surface area contributed by atoms with Gasteiger partial charge < -0.3 is 10.1 Å². The largest absolute Gasteiger partial charge is 0.462 e. The van der Waals surface area contributed by atoms with Gasteiger partial charge in [-0.1, -0.05) is 42.5 Å². The van der Waals surface area contributed by atoms with Crippen molar-refractivity contribution in [3.05, 3.63) is 71.3 Å². The highest BCUT2D eigenvalue weighted by atomic mass is 16.5. The zero-order valence-electron chi connectivity index (χ0n) is 12.5. The van der Waals surface area contributed by atoms with E-state index in [1.165, 1.54) is 5.56 Å². The monoisotopic (exact) mass is 283 g/mol. The van der Waals surface area contributed by atoms with Crippen molar-refractivity contribution < 1.29 is 9.53 Å². The van der Waals surface area contributed by atoms with Crippen LogP contribution in [0.1, 0.15) is 41.4 Å². The van der Waals surface area contributed by atoms with Crippen LogP contribution in [0.4, 0.5) is 0 Å². The van der Waals surface area contributed by atoms with Crippen LogP contribution in [0.5, 0.6) is 0 Å². The molecule has 3 nitrogen and oxygen atoms in total. The minimum atomic E-state index is -0.268. The summed E-state index contributed by atoms with van der Waals surface area (Å²) >= 11 is 0. The fourth-order valence-electron chi connectivity index (χ4n) is 2.15. The van der Waals surface area contributed by atoms with E-state index in [0.29, 0.717) is 18.7 Å². The molecule has 3 heteroatoms. The first kappa shape index (κ1) is 15.3. The molecular formula is C18H21NO2. The Balaban J connectivity index is 1.97. The van der Waals surface area contributed by atoms with E-state index in [4.69, 9.17) is 4.74 Å². The topological polar surface area (TPSA) is 38.3 Å². The number of esters is 1. The zero-order valence-corrected chi connectivity index (χ0v) is 12.5. The molecule has 1 N–H and O–H groups in total. The van der Waals surface area contributed by atoms with Crippen LogP contribution < -0.4 is 5.32 Å². The number of ether oxygens (including phenoxy) is 1. The number of nitrogens with one attached hydrogen (secondary N) is 1. The van der Waals surface area contributed by atoms with Crippen molar-refractivity contribution in [1.82, 2.24) is 5.32 Å². The summed E-state index contributed by atoms with van der Waals surface area (Å²) in [6.07, 6.45) is 0. The second-order valence-corrected chi connectivity index (χ2v) is 4.93. The maximum Gasteiger partial charge on any atom is 0.338 e. The average Bonchev–Trinajstić information content (AvgIpc) is 2.54. The fraction of sp³-hybridized carbons (Fsp3) is 0.278. The Morgan fingerprint density at radius 1 is 1.14 bits per heavy atom. The summed E-state index contributed by atoms with van der Waals surface area (Å²) in [4.78, 5) is 11.7. The highest BCUT2D eigenvalue weighted by molar-refractivity contribution is 5.89. The van der Waals surface area contributed by atoms with Gasteiger partial charge in [0.1, 0.15) is 0 Å². The van der Waals surface area contributed by atoms with Crippen LogP contribution in [0, 0.1) is 0 Å². The fourth-order valence-corrected chi connectivity index (χ4v) is 2.15. The Morgan fingerprint density at radius 3 is 2.62 bits per heavy atom. The van der Waals surface area contributed by atoms with Crippen molar-refractivity contribution in [2.75, 3.05) is 6.61 Å². The first-order valence-corrected chi connectivity index (χ1v) is 7.25. The first-order valence-electron chi connectivity index (χ1n) is 7.25. The van der Waals surface area contributed by atoms with Crippen molar-refractivity contribution in [3.63, 3.8) is 0 Å². The number of rotatable bonds is 6. The van der Waals surface area contributed by atoms with Crippen molar-refractivity contribution in [2.24, 2.45) is 0 Å². The molecule has 0 saturated carbocycles. The molecule has 0 aliphatic heterocycles. The molecular weight excluding hydrogens is 262 g/mol. The highest BCUT2D eigenvalue weighted by Crippen LogP contribution is 2.13. The van der Waals surface area contributed by atoms with Gasteiger partial charge in [-0.05, 0) is 37.1 Å². The van der Waals surface area contributed by atoms with Crippen molar-refractivity contribution in [3.8, 4) is 0 Å². The van der Waals surface area contributed by atoms with Gasteiger partial charge in [0.15, 0.2) is 0 Å². The summed E-state index contributed by atoms with van der Waals surface area (Å²) < 4.78 is 5.02. The van der Waals surface area contributed by atoms with Crippen LogP contribution in [-0.2, 0) is 11.3 Å². The van der Waals surface area contributed by atoms with Crippen molar-refractivity contribution in [2.45, 2.75) is 26.4 Å². The molecule has 0 aliphatic rings. The lowest BCUT2D eigenvalue weighted by Crippen LogP contribution is -2.18. The standard InChI is InChI=1S/C18H21NO2/c1-3-21-18(20)17-11-7-8-15(12-17)13-19-14(2)16-9-5-4-6-10-16/h4-12,14,19H,3,13H2,1-2H3. The van der Waals surface area contributed by atoms with Gasteiger partial charge >= 0.3 is 5.97 Å². The van der Waals surface area contributed by atoms with E-state index in [2.05, 4.69) is 24.4 Å². The predicted molar refractivity (Wildman–Crippen MR) is 84.1 cm³/mol. The van der Waals surface area contributed by atoms with Gasteiger partial charge in [0.2, 0.25) is 0 Å². The Morgan fingerprint density at radius 2 is 1.90 bits per heavy atom. The summed E-state index contributed by atoms with van der Waals surface area (Å²) in [5.41, 5.74) is 2.92. The third kappa shape index (κ3) is 4.43. The maximum absolute atomic E-state index is 11.7. The van der Waals surface area contributed by atoms with Crippen LogP contribution in [0.3, 0.4) is 0 Å². The molecule has 0 saturated heterocycles. The molecule has 2 rings (SSSR count). The van der Waals surface area contributed by atoms with Gasteiger partial charge in [-0.25, -0.2) is 4.79 Å². The molecule has 1 unspecified atom stereocenters. The number of benzene rings is 2. The molecule has 0 amide bonds. The van der Waals surface area contributed by atoms with Gasteiger partial charge in [0.05, 0.1) is 12.2 Å². The molecule has 21 heavy (non-hydrogen) atoms. The van der Waals surface area contributed by atoms with Crippen LogP contribution >= 0.6 is 0 Å². The summed E-state index contributed by atoms with van der Waals surface area (Å²) in [5, 5.41) is 3.46. The lowest BCUT2D eigenvalue weighted by Gasteiger charge is -2.14. The number of carbonyl (C=O) groups excluding carboxylic acids is 1. The van der Waals surface area contributed by atoms with Gasteiger partial charge in [0.25, 0.3) is 0 Å². The van der Waals surface area contributed by atoms with Crippen molar-refractivity contribution >= 4 is 5.97 Å². The predicted octanol–water partition coefficient (Wildman–Crippen LogP) is 3.71. The second-order valence-electron chi connectivity index (χ2n) is 4.93. The molecule has 0 aromatic heterocycles. The molecule has 2 aromatic carbocycles. The molecule has 1 atom stereocenters.